The number of amides is 1. The van der Waals surface area contributed by atoms with Gasteiger partial charge in [-0.2, -0.15) is 11.8 Å². The van der Waals surface area contributed by atoms with Crippen LogP contribution in [0.2, 0.25) is 0 Å². The Balaban J connectivity index is 2.75. The molecule has 0 fully saturated rings. The Morgan fingerprint density at radius 3 is 2.76 bits per heavy atom. The van der Waals surface area contributed by atoms with E-state index in [-0.39, 0.29) is 28.4 Å². The second-order valence-corrected chi connectivity index (χ2v) is 6.63. The van der Waals surface area contributed by atoms with Crippen LogP contribution >= 0.6 is 11.8 Å². The topological polar surface area (TPSA) is 49.3 Å². The Labute approximate surface area is 129 Å². The first-order chi connectivity index (χ1) is 9.89. The third-order valence-corrected chi connectivity index (χ3v) is 4.17. The Morgan fingerprint density at radius 2 is 2.19 bits per heavy atom. The minimum atomic E-state index is -0.530. The van der Waals surface area contributed by atoms with Gasteiger partial charge >= 0.3 is 0 Å². The number of thioether (sulfide) groups is 1. The first kappa shape index (κ1) is 17.5. The number of halogens is 1. The van der Waals surface area contributed by atoms with E-state index in [0.717, 1.165) is 0 Å². The molecule has 0 aliphatic carbocycles. The van der Waals surface area contributed by atoms with Crippen molar-refractivity contribution in [3.05, 3.63) is 35.1 Å². The molecule has 0 aromatic heterocycles. The molecule has 0 aliphatic heterocycles. The minimum Gasteiger partial charge on any atom is -0.395 e. The van der Waals surface area contributed by atoms with Crippen molar-refractivity contribution in [3.63, 3.8) is 0 Å². The summed E-state index contributed by atoms with van der Waals surface area (Å²) < 4.78 is 13.8. The van der Waals surface area contributed by atoms with Gasteiger partial charge in [-0.25, -0.2) is 4.39 Å². The summed E-state index contributed by atoms with van der Waals surface area (Å²) >= 11 is 1.65. The summed E-state index contributed by atoms with van der Waals surface area (Å²) in [7, 11) is 0. The average molecular weight is 309 g/mol. The lowest BCUT2D eigenvalue weighted by molar-refractivity contribution is 0.0950. The van der Waals surface area contributed by atoms with Crippen LogP contribution in [0.3, 0.4) is 0 Å². The van der Waals surface area contributed by atoms with E-state index in [4.69, 9.17) is 5.11 Å². The molecule has 0 radical (unpaired) electrons. The molecule has 0 heterocycles. The lowest BCUT2D eigenvalue weighted by atomic mass is 10.1. The van der Waals surface area contributed by atoms with E-state index in [1.54, 1.807) is 17.8 Å². The molecule has 0 aliphatic rings. The van der Waals surface area contributed by atoms with Gasteiger partial charge < -0.3 is 10.4 Å². The molecule has 114 valence electrons. The van der Waals surface area contributed by atoms with Gasteiger partial charge in [-0.3, -0.25) is 4.79 Å². The Hall–Kier alpha value is -1.51. The Bertz CT molecular complexity index is 561. The van der Waals surface area contributed by atoms with Crippen LogP contribution in [0.15, 0.2) is 18.2 Å². The van der Waals surface area contributed by atoms with E-state index < -0.39 is 5.82 Å². The van der Waals surface area contributed by atoms with Crippen LogP contribution in [0.25, 0.3) is 0 Å². The van der Waals surface area contributed by atoms with Crippen LogP contribution in [0.1, 0.15) is 36.2 Å². The van der Waals surface area contributed by atoms with Crippen molar-refractivity contribution in [2.24, 2.45) is 0 Å². The molecular weight excluding hydrogens is 289 g/mol. The van der Waals surface area contributed by atoms with Gasteiger partial charge in [0, 0.05) is 23.3 Å². The third-order valence-electron chi connectivity index (χ3n) is 2.92. The standard InChI is InChI=1S/C16H20FNO2S/c1-16(2,21-3)11-18-15(20)13-8-7-12(14(17)10-13)6-4-5-9-19/h7-8,10,19H,5,9,11H2,1-3H3,(H,18,20). The van der Waals surface area contributed by atoms with Gasteiger partial charge in [-0.1, -0.05) is 11.8 Å². The number of rotatable bonds is 5. The number of nitrogens with one attached hydrogen (secondary N) is 1. The molecule has 2 N–H and O–H groups in total. The SMILES string of the molecule is CSC(C)(C)CNC(=O)c1ccc(C#CCCO)c(F)c1. The molecule has 1 aromatic carbocycles. The average Bonchev–Trinajstić information content (AvgIpc) is 2.46. The number of aliphatic hydroxyl groups is 1. The van der Waals surface area contributed by atoms with Crippen LogP contribution in [-0.2, 0) is 0 Å². The van der Waals surface area contributed by atoms with Crippen LogP contribution < -0.4 is 5.32 Å². The number of hydrogen-bond acceptors (Lipinski definition) is 3. The van der Waals surface area contributed by atoms with Gasteiger partial charge in [0.25, 0.3) is 5.91 Å². The van der Waals surface area contributed by atoms with Gasteiger partial charge in [0.1, 0.15) is 5.82 Å². The monoisotopic (exact) mass is 309 g/mol. The van der Waals surface area contributed by atoms with Crippen molar-refractivity contribution in [2.75, 3.05) is 19.4 Å². The molecule has 1 amide bonds. The highest BCUT2D eigenvalue weighted by atomic mass is 32.2. The first-order valence-electron chi connectivity index (χ1n) is 6.62. The summed E-state index contributed by atoms with van der Waals surface area (Å²) in [5, 5.41) is 11.4. The van der Waals surface area contributed by atoms with Crippen molar-refractivity contribution in [1.29, 1.82) is 0 Å². The molecule has 21 heavy (non-hydrogen) atoms. The number of aliphatic hydroxyl groups excluding tert-OH is 1. The summed E-state index contributed by atoms with van der Waals surface area (Å²) in [6, 6.07) is 4.21. The van der Waals surface area contributed by atoms with Crippen molar-refractivity contribution in [1.82, 2.24) is 5.32 Å². The zero-order chi connectivity index (χ0) is 15.9. The van der Waals surface area contributed by atoms with E-state index in [2.05, 4.69) is 17.2 Å². The summed E-state index contributed by atoms with van der Waals surface area (Å²) in [6.07, 6.45) is 2.27. The van der Waals surface area contributed by atoms with Crippen molar-refractivity contribution in [3.8, 4) is 11.8 Å². The molecule has 0 bridgehead atoms. The highest BCUT2D eigenvalue weighted by Crippen LogP contribution is 2.19. The number of benzene rings is 1. The quantitative estimate of drug-likeness (QED) is 0.821. The van der Waals surface area contributed by atoms with Gasteiger partial charge in [0.15, 0.2) is 0 Å². The molecule has 0 unspecified atom stereocenters. The second kappa shape index (κ2) is 8.06. The number of carbonyl (C=O) groups is 1. The van der Waals surface area contributed by atoms with Gasteiger partial charge in [0.2, 0.25) is 0 Å². The fraction of sp³-hybridized carbons (Fsp3) is 0.438. The lowest BCUT2D eigenvalue weighted by Gasteiger charge is -2.22. The van der Waals surface area contributed by atoms with Crippen molar-refractivity contribution in [2.45, 2.75) is 25.0 Å². The number of carbonyl (C=O) groups excluding carboxylic acids is 1. The van der Waals surface area contributed by atoms with Crippen LogP contribution in [0.5, 0.6) is 0 Å². The predicted molar refractivity (Wildman–Crippen MR) is 84.9 cm³/mol. The maximum Gasteiger partial charge on any atom is 0.251 e. The molecule has 0 spiro atoms. The fourth-order valence-electron chi connectivity index (χ4n) is 1.44. The smallest absolute Gasteiger partial charge is 0.251 e. The van der Waals surface area contributed by atoms with Crippen molar-refractivity contribution < 1.29 is 14.3 Å². The second-order valence-electron chi connectivity index (χ2n) is 5.12. The molecule has 0 saturated carbocycles. The summed E-state index contributed by atoms with van der Waals surface area (Å²) in [4.78, 5) is 12.0. The van der Waals surface area contributed by atoms with Gasteiger partial charge in [0.05, 0.1) is 12.2 Å². The highest BCUT2D eigenvalue weighted by molar-refractivity contribution is 7.99. The third kappa shape index (κ3) is 5.78. The lowest BCUT2D eigenvalue weighted by Crippen LogP contribution is -2.36. The largest absolute Gasteiger partial charge is 0.395 e. The maximum atomic E-state index is 13.8. The van der Waals surface area contributed by atoms with Crippen molar-refractivity contribution >= 4 is 17.7 Å². The number of hydrogen-bond donors (Lipinski definition) is 2. The highest BCUT2D eigenvalue weighted by Gasteiger charge is 2.17. The van der Waals surface area contributed by atoms with E-state index in [9.17, 15) is 9.18 Å². The fourth-order valence-corrected chi connectivity index (χ4v) is 1.66. The molecule has 3 nitrogen and oxygen atoms in total. The predicted octanol–water partition coefficient (Wildman–Crippen LogP) is 2.43. The zero-order valence-corrected chi connectivity index (χ0v) is 13.3. The maximum absolute atomic E-state index is 13.8. The summed E-state index contributed by atoms with van der Waals surface area (Å²) in [5.74, 6) is 4.45. The molecular formula is C16H20FNO2S. The molecule has 1 rings (SSSR count). The molecule has 1 aromatic rings. The van der Waals surface area contributed by atoms with Crippen LogP contribution in [-0.4, -0.2) is 35.2 Å². The molecule has 0 atom stereocenters. The van der Waals surface area contributed by atoms with E-state index >= 15 is 0 Å². The van der Waals surface area contributed by atoms with E-state index in [0.29, 0.717) is 13.0 Å². The first-order valence-corrected chi connectivity index (χ1v) is 7.85. The van der Waals surface area contributed by atoms with Gasteiger partial charge in [-0.15, -0.1) is 0 Å². The Morgan fingerprint density at radius 1 is 1.48 bits per heavy atom. The van der Waals surface area contributed by atoms with Crippen LogP contribution in [0, 0.1) is 17.7 Å². The van der Waals surface area contributed by atoms with Gasteiger partial charge in [-0.05, 0) is 38.3 Å². The van der Waals surface area contributed by atoms with E-state index in [1.807, 2.05) is 20.1 Å². The molecule has 0 saturated heterocycles. The van der Waals surface area contributed by atoms with E-state index in [1.165, 1.54) is 12.1 Å². The minimum absolute atomic E-state index is 0.0552. The zero-order valence-electron chi connectivity index (χ0n) is 12.5. The summed E-state index contributed by atoms with van der Waals surface area (Å²) in [6.45, 7) is 4.50. The van der Waals surface area contributed by atoms with Crippen LogP contribution in [0.4, 0.5) is 4.39 Å². The Kier molecular flexibility index (Phi) is 6.73. The summed E-state index contributed by atoms with van der Waals surface area (Å²) in [5.41, 5.74) is 0.501. The molecule has 5 heteroatoms. The normalized spacial score (nSPS) is 10.7.